The van der Waals surface area contributed by atoms with Gasteiger partial charge in [0, 0.05) is 18.0 Å². The van der Waals surface area contributed by atoms with Gasteiger partial charge < -0.3 is 10.1 Å². The largest absolute Gasteiger partial charge is 0.378 e. The summed E-state index contributed by atoms with van der Waals surface area (Å²) in [4.78, 5) is 0. The second-order valence-corrected chi connectivity index (χ2v) is 4.82. The molecule has 15 heavy (non-hydrogen) atoms. The van der Waals surface area contributed by atoms with E-state index in [0.717, 1.165) is 18.0 Å². The fraction of sp³-hybridized carbons (Fsp3) is 1.00. The Balaban J connectivity index is 0.00000196. The van der Waals surface area contributed by atoms with Gasteiger partial charge in [-0.2, -0.15) is 0 Å². The molecule has 4 heteroatoms. The zero-order chi connectivity index (χ0) is 10.2. The lowest BCUT2D eigenvalue weighted by Gasteiger charge is -2.28. The number of ether oxygens (including phenoxy) is 1. The van der Waals surface area contributed by atoms with Gasteiger partial charge in [-0.1, -0.05) is 15.9 Å². The zero-order valence-corrected chi connectivity index (χ0v) is 11.9. The van der Waals surface area contributed by atoms with Crippen molar-refractivity contribution in [3.63, 3.8) is 0 Å². The number of halogens is 2. The van der Waals surface area contributed by atoms with Crippen molar-refractivity contribution in [1.29, 1.82) is 0 Å². The minimum Gasteiger partial charge on any atom is -0.378 e. The van der Waals surface area contributed by atoms with Crippen molar-refractivity contribution in [2.45, 2.75) is 50.7 Å². The molecule has 0 unspecified atom stereocenters. The summed E-state index contributed by atoms with van der Waals surface area (Å²) in [6.07, 6.45) is 7.98. The van der Waals surface area contributed by atoms with Gasteiger partial charge in [-0.25, -0.2) is 0 Å². The highest BCUT2D eigenvalue weighted by molar-refractivity contribution is 9.09. The molecule has 1 rings (SSSR count). The molecule has 92 valence electrons. The number of hydrogen-bond donors (Lipinski definition) is 1. The lowest BCUT2D eigenvalue weighted by atomic mass is 9.93. The first-order valence-corrected chi connectivity index (χ1v) is 6.83. The Labute approximate surface area is 108 Å². The maximum atomic E-state index is 5.83. The standard InChI is InChI=1S/C11H22BrNO.ClH/c1-13-10-4-6-11(7-5-10)14-9-3-2-8-12;/h10-11,13H,2-9H2,1H3;1H. The van der Waals surface area contributed by atoms with Gasteiger partial charge in [-0.15, -0.1) is 12.4 Å². The van der Waals surface area contributed by atoms with Crippen LogP contribution in [0.5, 0.6) is 0 Å². The maximum absolute atomic E-state index is 5.83. The molecule has 0 atom stereocenters. The smallest absolute Gasteiger partial charge is 0.0576 e. The molecular weight excluding hydrogens is 277 g/mol. The van der Waals surface area contributed by atoms with Crippen molar-refractivity contribution in [3.05, 3.63) is 0 Å². The van der Waals surface area contributed by atoms with Crippen LogP contribution in [-0.4, -0.2) is 31.1 Å². The Morgan fingerprint density at radius 2 is 1.87 bits per heavy atom. The van der Waals surface area contributed by atoms with Crippen LogP contribution in [0.4, 0.5) is 0 Å². The van der Waals surface area contributed by atoms with Gasteiger partial charge in [0.1, 0.15) is 0 Å². The van der Waals surface area contributed by atoms with Crippen LogP contribution in [0.1, 0.15) is 38.5 Å². The third-order valence-corrected chi connectivity index (χ3v) is 3.52. The fourth-order valence-corrected chi connectivity index (χ4v) is 2.36. The molecule has 0 bridgehead atoms. The summed E-state index contributed by atoms with van der Waals surface area (Å²) >= 11 is 3.43. The minimum atomic E-state index is 0. The molecule has 0 aromatic carbocycles. The van der Waals surface area contributed by atoms with Gasteiger partial charge in [0.2, 0.25) is 0 Å². The highest BCUT2D eigenvalue weighted by Gasteiger charge is 2.19. The average Bonchev–Trinajstić information content (AvgIpc) is 2.25. The molecule has 0 saturated heterocycles. The van der Waals surface area contributed by atoms with Crippen LogP contribution in [0.25, 0.3) is 0 Å². The molecular formula is C11H23BrClNO. The van der Waals surface area contributed by atoms with Gasteiger partial charge in [-0.05, 0) is 45.6 Å². The van der Waals surface area contributed by atoms with Gasteiger partial charge >= 0.3 is 0 Å². The van der Waals surface area contributed by atoms with Crippen LogP contribution < -0.4 is 5.32 Å². The van der Waals surface area contributed by atoms with Gasteiger partial charge in [0.25, 0.3) is 0 Å². The van der Waals surface area contributed by atoms with Crippen LogP contribution in [-0.2, 0) is 4.74 Å². The lowest BCUT2D eigenvalue weighted by Crippen LogP contribution is -2.33. The number of unbranched alkanes of at least 4 members (excludes halogenated alkanes) is 1. The Bertz CT molecular complexity index is 141. The van der Waals surface area contributed by atoms with Crippen molar-refractivity contribution in [2.75, 3.05) is 19.0 Å². The molecule has 0 amide bonds. The molecule has 1 fully saturated rings. The zero-order valence-electron chi connectivity index (χ0n) is 9.51. The van der Waals surface area contributed by atoms with Gasteiger partial charge in [0.05, 0.1) is 6.10 Å². The van der Waals surface area contributed by atoms with E-state index in [4.69, 9.17) is 4.74 Å². The highest BCUT2D eigenvalue weighted by Crippen LogP contribution is 2.21. The first kappa shape index (κ1) is 15.7. The maximum Gasteiger partial charge on any atom is 0.0576 e. The van der Waals surface area contributed by atoms with Gasteiger partial charge in [-0.3, -0.25) is 0 Å². The highest BCUT2D eigenvalue weighted by atomic mass is 79.9. The van der Waals surface area contributed by atoms with E-state index >= 15 is 0 Å². The van der Waals surface area contributed by atoms with Crippen molar-refractivity contribution in [3.8, 4) is 0 Å². The Hall–Kier alpha value is 0.690. The average molecular weight is 301 g/mol. The second kappa shape index (κ2) is 9.88. The fourth-order valence-electron chi connectivity index (χ4n) is 1.96. The summed E-state index contributed by atoms with van der Waals surface area (Å²) in [6.45, 7) is 0.945. The Morgan fingerprint density at radius 1 is 1.20 bits per heavy atom. The SMILES string of the molecule is CNC1CCC(OCCCCBr)CC1.Cl. The summed E-state index contributed by atoms with van der Waals surface area (Å²) in [6, 6.07) is 0.734. The van der Waals surface area contributed by atoms with Crippen molar-refractivity contribution < 1.29 is 4.74 Å². The van der Waals surface area contributed by atoms with E-state index in [1.165, 1.54) is 38.5 Å². The number of nitrogens with one attached hydrogen (secondary N) is 1. The first-order chi connectivity index (χ1) is 6.86. The predicted octanol–water partition coefficient (Wildman–Crippen LogP) is 3.13. The van der Waals surface area contributed by atoms with Gasteiger partial charge in [0.15, 0.2) is 0 Å². The molecule has 1 saturated carbocycles. The van der Waals surface area contributed by atoms with Crippen LogP contribution in [0.3, 0.4) is 0 Å². The molecule has 0 aromatic rings. The second-order valence-electron chi connectivity index (χ2n) is 4.03. The summed E-state index contributed by atoms with van der Waals surface area (Å²) in [5.41, 5.74) is 0. The molecule has 0 radical (unpaired) electrons. The molecule has 0 spiro atoms. The van der Waals surface area contributed by atoms with Crippen LogP contribution in [0.2, 0.25) is 0 Å². The van der Waals surface area contributed by atoms with E-state index in [0.29, 0.717) is 6.10 Å². The third kappa shape index (κ3) is 6.77. The number of alkyl halides is 1. The molecule has 0 heterocycles. The third-order valence-electron chi connectivity index (χ3n) is 2.96. The summed E-state index contributed by atoms with van der Waals surface area (Å²) in [7, 11) is 2.06. The van der Waals surface area contributed by atoms with E-state index < -0.39 is 0 Å². The minimum absolute atomic E-state index is 0. The van der Waals surface area contributed by atoms with Crippen LogP contribution in [0, 0.1) is 0 Å². The van der Waals surface area contributed by atoms with E-state index in [1.54, 1.807) is 0 Å². The van der Waals surface area contributed by atoms with E-state index in [-0.39, 0.29) is 12.4 Å². The molecule has 1 aliphatic rings. The number of hydrogen-bond acceptors (Lipinski definition) is 2. The number of rotatable bonds is 6. The Morgan fingerprint density at radius 3 is 2.40 bits per heavy atom. The quantitative estimate of drug-likeness (QED) is 0.601. The summed E-state index contributed by atoms with van der Waals surface area (Å²) < 4.78 is 5.83. The van der Waals surface area contributed by atoms with Crippen molar-refractivity contribution in [2.24, 2.45) is 0 Å². The topological polar surface area (TPSA) is 21.3 Å². The van der Waals surface area contributed by atoms with Crippen molar-refractivity contribution >= 4 is 28.3 Å². The molecule has 1 aliphatic carbocycles. The summed E-state index contributed by atoms with van der Waals surface area (Å²) in [5, 5.41) is 4.44. The molecule has 0 aliphatic heterocycles. The van der Waals surface area contributed by atoms with Crippen LogP contribution >= 0.6 is 28.3 Å². The van der Waals surface area contributed by atoms with E-state index in [1.807, 2.05) is 0 Å². The monoisotopic (exact) mass is 299 g/mol. The summed E-state index contributed by atoms with van der Waals surface area (Å²) in [5.74, 6) is 0. The molecule has 0 aromatic heterocycles. The predicted molar refractivity (Wildman–Crippen MR) is 71.3 cm³/mol. The van der Waals surface area contributed by atoms with Crippen LogP contribution in [0.15, 0.2) is 0 Å². The lowest BCUT2D eigenvalue weighted by molar-refractivity contribution is 0.0218. The van der Waals surface area contributed by atoms with Crippen molar-refractivity contribution in [1.82, 2.24) is 5.32 Å². The first-order valence-electron chi connectivity index (χ1n) is 5.71. The normalized spacial score (nSPS) is 26.0. The van der Waals surface area contributed by atoms with E-state index in [9.17, 15) is 0 Å². The Kier molecular flexibility index (Phi) is 10.3. The molecule has 1 N–H and O–H groups in total. The molecule has 2 nitrogen and oxygen atoms in total. The van der Waals surface area contributed by atoms with E-state index in [2.05, 4.69) is 28.3 Å².